The number of rotatable bonds is 8. The molecular weight excluding hydrogens is 434 g/mol. The molecule has 1 aromatic carbocycles. The van der Waals surface area contributed by atoms with Crippen LogP contribution in [0.15, 0.2) is 42.7 Å². The van der Waals surface area contributed by atoms with E-state index in [9.17, 15) is 18.4 Å². The van der Waals surface area contributed by atoms with Gasteiger partial charge in [0.05, 0.1) is 17.8 Å². The minimum absolute atomic E-state index is 0.0137. The average Bonchev–Trinajstić information content (AvgIpc) is 3.28. The molecule has 0 unspecified atom stereocenters. The molecule has 4 N–H and O–H groups in total. The van der Waals surface area contributed by atoms with E-state index in [0.29, 0.717) is 31.5 Å². The zero-order valence-corrected chi connectivity index (χ0v) is 17.5. The van der Waals surface area contributed by atoms with Crippen LogP contribution in [0.25, 0.3) is 11.3 Å². The highest BCUT2D eigenvalue weighted by Crippen LogP contribution is 2.25. The van der Waals surface area contributed by atoms with E-state index in [4.69, 9.17) is 5.11 Å². The van der Waals surface area contributed by atoms with Crippen LogP contribution in [0.5, 0.6) is 0 Å². The lowest BCUT2D eigenvalue weighted by atomic mass is 10.0. The Morgan fingerprint density at radius 2 is 2.12 bits per heavy atom. The van der Waals surface area contributed by atoms with Crippen LogP contribution in [0.4, 0.5) is 19.4 Å². The number of halogens is 2. The molecule has 0 spiro atoms. The van der Waals surface area contributed by atoms with Gasteiger partial charge in [-0.1, -0.05) is 12.1 Å². The van der Waals surface area contributed by atoms with Gasteiger partial charge in [0.2, 0.25) is 0 Å². The minimum Gasteiger partial charge on any atom is -0.465 e. The summed E-state index contributed by atoms with van der Waals surface area (Å²) in [5.41, 5.74) is 1.17. The predicted molar refractivity (Wildman–Crippen MR) is 116 cm³/mol. The number of nitrogens with zero attached hydrogens (tertiary/aromatic N) is 3. The summed E-state index contributed by atoms with van der Waals surface area (Å²) in [5.74, 6) is -1.47. The van der Waals surface area contributed by atoms with Crippen LogP contribution in [-0.2, 0) is 6.42 Å². The fraction of sp³-hybridized carbons (Fsp3) is 0.273. The molecule has 1 aliphatic rings. The fourth-order valence-corrected chi connectivity index (χ4v) is 3.61. The first-order chi connectivity index (χ1) is 15.9. The van der Waals surface area contributed by atoms with Gasteiger partial charge in [0.15, 0.2) is 5.82 Å². The third-order valence-electron chi connectivity index (χ3n) is 5.48. The number of aromatic amines is 1. The van der Waals surface area contributed by atoms with E-state index >= 15 is 0 Å². The second-order valence-corrected chi connectivity index (χ2v) is 7.64. The maximum absolute atomic E-state index is 14.8. The maximum atomic E-state index is 14.8. The monoisotopic (exact) mass is 456 g/mol. The molecule has 0 saturated carbocycles. The summed E-state index contributed by atoms with van der Waals surface area (Å²) in [6.07, 6.45) is 2.95. The molecule has 1 aliphatic heterocycles. The quantitative estimate of drug-likeness (QED) is 0.413. The van der Waals surface area contributed by atoms with E-state index in [1.165, 1.54) is 29.4 Å². The Kier molecular flexibility index (Phi) is 6.48. The molecule has 2 aromatic heterocycles. The highest BCUT2D eigenvalue weighted by molar-refractivity contribution is 5.99. The summed E-state index contributed by atoms with van der Waals surface area (Å²) >= 11 is 0. The number of likely N-dealkylation sites (tertiary alicyclic amines) is 1. The standard InChI is InChI=1S/C22H22F2N6O3/c23-15-3-1-2-13(8-15)4-6-25-20-17(9-18(24)19(29-20)14-10-27-28-11-14)21(31)26-12-16-5-7-30(16)22(32)33/h1-3,8-11,16H,4-7,12H2,(H,25,29)(H,26,31)(H,27,28)(H,32,33)/t16-/m1/s1. The van der Waals surface area contributed by atoms with Gasteiger partial charge < -0.3 is 20.6 Å². The first kappa shape index (κ1) is 22.2. The number of carbonyl (C=O) groups excluding carboxylic acids is 1. The lowest BCUT2D eigenvalue weighted by Crippen LogP contribution is -2.55. The Hall–Kier alpha value is -4.02. The number of nitrogens with one attached hydrogen (secondary N) is 3. The van der Waals surface area contributed by atoms with Crippen molar-refractivity contribution in [1.29, 1.82) is 0 Å². The lowest BCUT2D eigenvalue weighted by Gasteiger charge is -2.38. The number of amides is 2. The molecule has 11 heteroatoms. The van der Waals surface area contributed by atoms with Crippen molar-refractivity contribution < 1.29 is 23.5 Å². The summed E-state index contributed by atoms with van der Waals surface area (Å²) in [6, 6.07) is 6.92. The molecule has 3 aromatic rings. The van der Waals surface area contributed by atoms with Crippen LogP contribution in [-0.4, -0.2) is 62.9 Å². The summed E-state index contributed by atoms with van der Waals surface area (Å²) < 4.78 is 28.2. The number of pyridine rings is 1. The molecular formula is C22H22F2N6O3. The molecule has 1 saturated heterocycles. The van der Waals surface area contributed by atoms with Gasteiger partial charge >= 0.3 is 6.09 Å². The van der Waals surface area contributed by atoms with Crippen molar-refractivity contribution in [3.8, 4) is 11.3 Å². The van der Waals surface area contributed by atoms with Crippen molar-refractivity contribution in [3.63, 3.8) is 0 Å². The van der Waals surface area contributed by atoms with Gasteiger partial charge in [-0.3, -0.25) is 9.89 Å². The number of hydrogen-bond donors (Lipinski definition) is 4. The van der Waals surface area contributed by atoms with Crippen LogP contribution in [0.3, 0.4) is 0 Å². The van der Waals surface area contributed by atoms with Crippen LogP contribution in [0.2, 0.25) is 0 Å². The first-order valence-electron chi connectivity index (χ1n) is 10.4. The van der Waals surface area contributed by atoms with Crippen LogP contribution in [0.1, 0.15) is 22.3 Å². The molecule has 0 bridgehead atoms. The largest absolute Gasteiger partial charge is 0.465 e. The normalized spacial score (nSPS) is 15.1. The second kappa shape index (κ2) is 9.63. The molecule has 9 nitrogen and oxygen atoms in total. The van der Waals surface area contributed by atoms with Gasteiger partial charge in [0.25, 0.3) is 5.91 Å². The molecule has 2 amide bonds. The first-order valence-corrected chi connectivity index (χ1v) is 10.4. The van der Waals surface area contributed by atoms with Crippen molar-refractivity contribution in [2.45, 2.75) is 18.9 Å². The number of hydrogen-bond acceptors (Lipinski definition) is 5. The molecule has 33 heavy (non-hydrogen) atoms. The third kappa shape index (κ3) is 5.08. The van der Waals surface area contributed by atoms with Crippen LogP contribution < -0.4 is 10.6 Å². The Labute approximate surface area is 187 Å². The summed E-state index contributed by atoms with van der Waals surface area (Å²) in [6.45, 7) is 0.847. The van der Waals surface area contributed by atoms with Gasteiger partial charge in [-0.05, 0) is 36.6 Å². The molecule has 4 rings (SSSR count). The minimum atomic E-state index is -1.04. The highest BCUT2D eigenvalue weighted by Gasteiger charge is 2.32. The second-order valence-electron chi connectivity index (χ2n) is 7.64. The number of benzene rings is 1. The Bertz CT molecular complexity index is 1160. The van der Waals surface area contributed by atoms with Gasteiger partial charge in [-0.15, -0.1) is 0 Å². The number of H-pyrrole nitrogens is 1. The van der Waals surface area contributed by atoms with Gasteiger partial charge in [-0.25, -0.2) is 18.6 Å². The topological polar surface area (TPSA) is 123 Å². The molecule has 1 atom stereocenters. The zero-order valence-electron chi connectivity index (χ0n) is 17.5. The SMILES string of the molecule is O=C(NC[C@H]1CCN1C(=O)O)c1cc(F)c(-c2cn[nH]c2)nc1NCCc1cccc(F)c1. The Morgan fingerprint density at radius 1 is 1.27 bits per heavy atom. The maximum Gasteiger partial charge on any atom is 0.407 e. The Morgan fingerprint density at radius 3 is 2.79 bits per heavy atom. The molecule has 172 valence electrons. The van der Waals surface area contributed by atoms with Crippen molar-refractivity contribution in [2.24, 2.45) is 0 Å². The van der Waals surface area contributed by atoms with Crippen molar-refractivity contribution in [2.75, 3.05) is 25.0 Å². The van der Waals surface area contributed by atoms with Crippen LogP contribution in [0, 0.1) is 11.6 Å². The van der Waals surface area contributed by atoms with E-state index in [1.807, 2.05) is 0 Å². The Balaban J connectivity index is 1.52. The third-order valence-corrected chi connectivity index (χ3v) is 5.48. The van der Waals surface area contributed by atoms with Gasteiger partial charge in [0.1, 0.15) is 17.3 Å². The van der Waals surface area contributed by atoms with E-state index < -0.39 is 17.8 Å². The smallest absolute Gasteiger partial charge is 0.407 e. The number of carbonyl (C=O) groups is 2. The van der Waals surface area contributed by atoms with E-state index in [1.54, 1.807) is 12.1 Å². The summed E-state index contributed by atoms with van der Waals surface area (Å²) in [7, 11) is 0. The van der Waals surface area contributed by atoms with Crippen molar-refractivity contribution >= 4 is 17.8 Å². The van der Waals surface area contributed by atoms with Crippen molar-refractivity contribution in [1.82, 2.24) is 25.4 Å². The predicted octanol–water partition coefficient (Wildman–Crippen LogP) is 2.89. The average molecular weight is 456 g/mol. The lowest BCUT2D eigenvalue weighted by molar-refractivity contribution is 0.0704. The van der Waals surface area contributed by atoms with Crippen molar-refractivity contribution in [3.05, 3.63) is 65.5 Å². The fourth-order valence-electron chi connectivity index (χ4n) is 3.61. The van der Waals surface area contributed by atoms with Gasteiger partial charge in [0, 0.05) is 31.4 Å². The van der Waals surface area contributed by atoms with E-state index in [-0.39, 0.29) is 35.5 Å². The molecule has 1 fully saturated rings. The number of carboxylic acid groups (broad SMARTS) is 1. The van der Waals surface area contributed by atoms with E-state index in [2.05, 4.69) is 25.8 Å². The molecule has 0 radical (unpaired) electrons. The molecule has 0 aliphatic carbocycles. The summed E-state index contributed by atoms with van der Waals surface area (Å²) in [5, 5.41) is 21.2. The number of aromatic nitrogens is 3. The zero-order chi connectivity index (χ0) is 23.4. The summed E-state index contributed by atoms with van der Waals surface area (Å²) in [4.78, 5) is 29.5. The highest BCUT2D eigenvalue weighted by atomic mass is 19.1. The number of anilines is 1. The molecule has 3 heterocycles. The van der Waals surface area contributed by atoms with E-state index in [0.717, 1.165) is 11.6 Å². The van der Waals surface area contributed by atoms with Gasteiger partial charge in [-0.2, -0.15) is 5.10 Å². The van der Waals surface area contributed by atoms with Crippen LogP contribution >= 0.6 is 0 Å².